The maximum Gasteiger partial charge on any atom is 0.328 e. The molecule has 7 nitrogen and oxygen atoms in total. The van der Waals surface area contributed by atoms with Gasteiger partial charge in [-0.15, -0.1) is 0 Å². The van der Waals surface area contributed by atoms with E-state index in [0.29, 0.717) is 31.9 Å². The summed E-state index contributed by atoms with van der Waals surface area (Å²) in [7, 11) is 1.59. The summed E-state index contributed by atoms with van der Waals surface area (Å²) >= 11 is 0. The Kier molecular flexibility index (Phi) is 6.22. The molecular weight excluding hydrogens is 302 g/mol. The van der Waals surface area contributed by atoms with Crippen molar-refractivity contribution >= 4 is 11.9 Å². The molecule has 0 spiro atoms. The zero-order chi connectivity index (χ0) is 16.7. The number of carbonyl (C=O) groups is 2. The number of methoxy groups -OCH3 is 1. The quantitative estimate of drug-likeness (QED) is 0.758. The average molecular weight is 323 g/mol. The normalized spacial score (nSPS) is 17.6. The Balaban J connectivity index is 1.74. The number of amides is 1. The van der Waals surface area contributed by atoms with Gasteiger partial charge in [0.1, 0.15) is 11.5 Å². The third kappa shape index (κ3) is 4.85. The molecule has 1 aromatic carbocycles. The summed E-state index contributed by atoms with van der Waals surface area (Å²) in [5, 5.41) is 9.11. The summed E-state index contributed by atoms with van der Waals surface area (Å²) in [5.41, 5.74) is 0. The summed E-state index contributed by atoms with van der Waals surface area (Å²) < 4.78 is 15.7. The molecule has 1 N–H and O–H groups in total. The number of rotatable bonds is 7. The Morgan fingerprint density at radius 1 is 1.30 bits per heavy atom. The predicted octanol–water partition coefficient (Wildman–Crippen LogP) is 1.17. The lowest BCUT2D eigenvalue weighted by molar-refractivity contribution is -0.158. The van der Waals surface area contributed by atoms with Crippen molar-refractivity contribution in [2.75, 3.05) is 33.5 Å². The van der Waals surface area contributed by atoms with Crippen LogP contribution in [0.2, 0.25) is 0 Å². The standard InChI is InChI=1S/C16H21NO6/c1-21-12-4-6-13(7-5-12)23-9-2-3-15(18)17-8-10-22-11-14(17)16(19)20/h4-7,14H,2-3,8-11H2,1H3,(H,19,20). The van der Waals surface area contributed by atoms with E-state index in [9.17, 15) is 9.59 Å². The lowest BCUT2D eigenvalue weighted by atomic mass is 10.2. The number of nitrogens with zero attached hydrogens (tertiary/aromatic N) is 1. The molecule has 23 heavy (non-hydrogen) atoms. The van der Waals surface area contributed by atoms with Crippen molar-refractivity contribution in [2.45, 2.75) is 18.9 Å². The highest BCUT2D eigenvalue weighted by atomic mass is 16.5. The Labute approximate surface area is 134 Å². The number of hydrogen-bond donors (Lipinski definition) is 1. The van der Waals surface area contributed by atoms with Crippen LogP contribution in [0, 0.1) is 0 Å². The predicted molar refractivity (Wildman–Crippen MR) is 81.7 cm³/mol. The number of benzene rings is 1. The van der Waals surface area contributed by atoms with Crippen molar-refractivity contribution in [2.24, 2.45) is 0 Å². The highest BCUT2D eigenvalue weighted by Gasteiger charge is 2.32. The molecule has 1 amide bonds. The number of hydrogen-bond acceptors (Lipinski definition) is 5. The number of ether oxygens (including phenoxy) is 3. The molecule has 1 aliphatic heterocycles. The van der Waals surface area contributed by atoms with Gasteiger partial charge >= 0.3 is 5.97 Å². The highest BCUT2D eigenvalue weighted by molar-refractivity contribution is 5.83. The summed E-state index contributed by atoms with van der Waals surface area (Å²) in [6.07, 6.45) is 0.772. The van der Waals surface area contributed by atoms with Gasteiger partial charge in [0.2, 0.25) is 5.91 Å². The number of morpholine rings is 1. The molecule has 0 bridgehead atoms. The van der Waals surface area contributed by atoms with Gasteiger partial charge in [0.15, 0.2) is 6.04 Å². The molecule has 0 radical (unpaired) electrons. The minimum absolute atomic E-state index is 0.0451. The zero-order valence-corrected chi connectivity index (χ0v) is 13.1. The highest BCUT2D eigenvalue weighted by Crippen LogP contribution is 2.17. The minimum Gasteiger partial charge on any atom is -0.497 e. The van der Waals surface area contributed by atoms with E-state index < -0.39 is 12.0 Å². The molecule has 7 heteroatoms. The van der Waals surface area contributed by atoms with E-state index in [1.54, 1.807) is 31.4 Å². The number of carbonyl (C=O) groups excluding carboxylic acids is 1. The van der Waals surface area contributed by atoms with Crippen molar-refractivity contribution in [3.8, 4) is 11.5 Å². The maximum absolute atomic E-state index is 12.1. The number of carboxylic acids is 1. The van der Waals surface area contributed by atoms with Crippen molar-refractivity contribution in [1.82, 2.24) is 4.90 Å². The van der Waals surface area contributed by atoms with E-state index in [2.05, 4.69) is 0 Å². The van der Waals surface area contributed by atoms with Crippen LogP contribution in [0.15, 0.2) is 24.3 Å². The smallest absolute Gasteiger partial charge is 0.328 e. The summed E-state index contributed by atoms with van der Waals surface area (Å²) in [6, 6.07) is 6.29. The molecule has 0 aromatic heterocycles. The van der Waals surface area contributed by atoms with Crippen LogP contribution in [0.3, 0.4) is 0 Å². The van der Waals surface area contributed by atoms with Crippen LogP contribution in [0.5, 0.6) is 11.5 Å². The van der Waals surface area contributed by atoms with E-state index >= 15 is 0 Å². The van der Waals surface area contributed by atoms with E-state index in [1.165, 1.54) is 4.90 Å². The van der Waals surface area contributed by atoms with Crippen molar-refractivity contribution in [3.05, 3.63) is 24.3 Å². The van der Waals surface area contributed by atoms with Crippen molar-refractivity contribution < 1.29 is 28.9 Å². The lowest BCUT2D eigenvalue weighted by Crippen LogP contribution is -2.52. The van der Waals surface area contributed by atoms with Crippen LogP contribution in [0.1, 0.15) is 12.8 Å². The van der Waals surface area contributed by atoms with Crippen LogP contribution >= 0.6 is 0 Å². The molecule has 1 unspecified atom stereocenters. The molecular formula is C16H21NO6. The molecule has 126 valence electrons. The lowest BCUT2D eigenvalue weighted by Gasteiger charge is -2.32. The van der Waals surface area contributed by atoms with Gasteiger partial charge in [0.25, 0.3) is 0 Å². The van der Waals surface area contributed by atoms with Gasteiger partial charge < -0.3 is 24.2 Å². The van der Waals surface area contributed by atoms with E-state index in [4.69, 9.17) is 19.3 Å². The Morgan fingerprint density at radius 2 is 2.00 bits per heavy atom. The molecule has 1 fully saturated rings. The Bertz CT molecular complexity index is 530. The van der Waals surface area contributed by atoms with Gasteiger partial charge in [-0.05, 0) is 30.7 Å². The largest absolute Gasteiger partial charge is 0.497 e. The summed E-state index contributed by atoms with van der Waals surface area (Å²) in [5.74, 6) is 0.235. The van der Waals surface area contributed by atoms with Gasteiger partial charge in [0.05, 0.1) is 26.9 Å². The Morgan fingerprint density at radius 3 is 2.65 bits per heavy atom. The molecule has 0 aliphatic carbocycles. The van der Waals surface area contributed by atoms with Crippen LogP contribution in [0.4, 0.5) is 0 Å². The van der Waals surface area contributed by atoms with Crippen LogP contribution in [0.25, 0.3) is 0 Å². The fourth-order valence-electron chi connectivity index (χ4n) is 2.34. The van der Waals surface area contributed by atoms with Crippen molar-refractivity contribution in [3.63, 3.8) is 0 Å². The third-order valence-electron chi connectivity index (χ3n) is 3.60. The van der Waals surface area contributed by atoms with Gasteiger partial charge in [-0.3, -0.25) is 4.79 Å². The monoisotopic (exact) mass is 323 g/mol. The topological polar surface area (TPSA) is 85.3 Å². The molecule has 1 aromatic rings. The first-order valence-corrected chi connectivity index (χ1v) is 7.48. The second-order valence-corrected chi connectivity index (χ2v) is 5.14. The van der Waals surface area contributed by atoms with E-state index in [0.717, 1.165) is 5.75 Å². The van der Waals surface area contributed by atoms with E-state index in [-0.39, 0.29) is 18.9 Å². The van der Waals surface area contributed by atoms with Crippen LogP contribution in [-0.4, -0.2) is 61.4 Å². The molecule has 2 rings (SSSR count). The van der Waals surface area contributed by atoms with Crippen molar-refractivity contribution in [1.29, 1.82) is 0 Å². The van der Waals surface area contributed by atoms with Gasteiger partial charge in [0, 0.05) is 13.0 Å². The molecule has 1 heterocycles. The first-order chi connectivity index (χ1) is 11.1. The number of aliphatic carboxylic acids is 1. The first kappa shape index (κ1) is 17.1. The van der Waals surface area contributed by atoms with Gasteiger partial charge in [-0.1, -0.05) is 0 Å². The Hall–Kier alpha value is -2.28. The second-order valence-electron chi connectivity index (χ2n) is 5.14. The zero-order valence-electron chi connectivity index (χ0n) is 13.1. The summed E-state index contributed by atoms with van der Waals surface area (Å²) in [4.78, 5) is 24.6. The number of carboxylic acid groups (broad SMARTS) is 1. The maximum atomic E-state index is 12.1. The molecule has 1 aliphatic rings. The minimum atomic E-state index is -1.03. The van der Waals surface area contributed by atoms with Crippen LogP contribution < -0.4 is 9.47 Å². The fraction of sp³-hybridized carbons (Fsp3) is 0.500. The molecule has 1 saturated heterocycles. The third-order valence-corrected chi connectivity index (χ3v) is 3.60. The second kappa shape index (κ2) is 8.38. The molecule has 1 atom stereocenters. The SMILES string of the molecule is COc1ccc(OCCCC(=O)N2CCOCC2C(=O)O)cc1. The average Bonchev–Trinajstić information content (AvgIpc) is 2.59. The van der Waals surface area contributed by atoms with Gasteiger partial charge in [-0.2, -0.15) is 0 Å². The molecule has 0 saturated carbocycles. The van der Waals surface area contributed by atoms with Crippen LogP contribution in [-0.2, 0) is 14.3 Å². The summed E-state index contributed by atoms with van der Waals surface area (Å²) in [6.45, 7) is 1.12. The fourth-order valence-corrected chi connectivity index (χ4v) is 2.34. The van der Waals surface area contributed by atoms with Gasteiger partial charge in [-0.25, -0.2) is 4.79 Å². The van der Waals surface area contributed by atoms with E-state index in [1.807, 2.05) is 0 Å². The first-order valence-electron chi connectivity index (χ1n) is 7.48.